The van der Waals surface area contributed by atoms with E-state index >= 15 is 0 Å². The minimum absolute atomic E-state index is 0.0103. The molecular formula is C17H39NP2. The van der Waals surface area contributed by atoms with Crippen LogP contribution < -0.4 is 5.73 Å². The van der Waals surface area contributed by atoms with Crippen LogP contribution in [0.2, 0.25) is 0 Å². The van der Waals surface area contributed by atoms with Gasteiger partial charge >= 0.3 is 0 Å². The summed E-state index contributed by atoms with van der Waals surface area (Å²) in [5.41, 5.74) is 11.2. The van der Waals surface area contributed by atoms with E-state index in [1.54, 1.807) is 0 Å². The Balaban J connectivity index is 5.06. The predicted octanol–water partition coefficient (Wildman–Crippen LogP) is 5.69. The van der Waals surface area contributed by atoms with Gasteiger partial charge in [-0.05, 0) is 34.0 Å². The molecule has 0 bridgehead atoms. The largest absolute Gasteiger partial charge is 0.327 e. The summed E-state index contributed by atoms with van der Waals surface area (Å²) in [6.45, 7) is 23.9. The molecule has 20 heavy (non-hydrogen) atoms. The molecule has 2 unspecified atom stereocenters. The first kappa shape index (κ1) is 20.8. The van der Waals surface area contributed by atoms with Crippen molar-refractivity contribution in [2.45, 2.75) is 109 Å². The summed E-state index contributed by atoms with van der Waals surface area (Å²) in [6.07, 6.45) is 0. The number of hydrogen-bond acceptors (Lipinski definition) is 1. The topological polar surface area (TPSA) is 26.0 Å². The van der Waals surface area contributed by atoms with Crippen LogP contribution in [0, 0.1) is 0 Å². The van der Waals surface area contributed by atoms with Gasteiger partial charge in [-0.2, -0.15) is 0 Å². The van der Waals surface area contributed by atoms with E-state index in [2.05, 4.69) is 69.2 Å². The van der Waals surface area contributed by atoms with Crippen LogP contribution in [-0.2, 0) is 0 Å². The van der Waals surface area contributed by atoms with E-state index in [0.717, 1.165) is 22.6 Å². The third kappa shape index (κ3) is 5.55. The maximum Gasteiger partial charge on any atom is 0.0170 e. The molecule has 0 fully saturated rings. The van der Waals surface area contributed by atoms with Crippen LogP contribution >= 0.6 is 15.8 Å². The molecular weight excluding hydrogens is 280 g/mol. The van der Waals surface area contributed by atoms with Gasteiger partial charge in [0, 0.05) is 6.04 Å². The molecule has 0 amide bonds. The van der Waals surface area contributed by atoms with Crippen LogP contribution in [0.4, 0.5) is 0 Å². The molecule has 0 aliphatic rings. The van der Waals surface area contributed by atoms with Gasteiger partial charge in [-0.15, -0.1) is 0 Å². The maximum atomic E-state index is 6.75. The highest BCUT2D eigenvalue weighted by Crippen LogP contribution is 2.56. The number of rotatable bonds is 8. The summed E-state index contributed by atoms with van der Waals surface area (Å²) < 4.78 is 0. The van der Waals surface area contributed by atoms with Gasteiger partial charge in [-0.3, -0.25) is 0 Å². The summed E-state index contributed by atoms with van der Waals surface area (Å²) >= 11 is 0. The van der Waals surface area contributed by atoms with Crippen LogP contribution in [0.15, 0.2) is 0 Å². The second-order valence-corrected chi connectivity index (χ2v) is 14.9. The smallest absolute Gasteiger partial charge is 0.0170 e. The molecule has 0 saturated carbocycles. The van der Waals surface area contributed by atoms with E-state index in [0.29, 0.717) is 17.4 Å². The summed E-state index contributed by atoms with van der Waals surface area (Å²) in [4.78, 5) is 0. The molecule has 0 spiro atoms. The van der Waals surface area contributed by atoms with Crippen molar-refractivity contribution in [2.75, 3.05) is 0 Å². The standard InChI is InChI=1S/C17H39NP2/c1-11(2)19(12(3)4)15(9)17(18)16(10)20(13(5)6)14(7)8/h11-17H,18H2,1-10H3. The molecule has 0 aliphatic carbocycles. The Morgan fingerprint density at radius 1 is 0.500 bits per heavy atom. The Hall–Kier alpha value is 0.820. The third-order valence-electron chi connectivity index (χ3n) is 4.44. The van der Waals surface area contributed by atoms with Crippen LogP contribution in [0.3, 0.4) is 0 Å². The zero-order valence-corrected chi connectivity index (χ0v) is 17.3. The van der Waals surface area contributed by atoms with Gasteiger partial charge in [0.05, 0.1) is 0 Å². The molecule has 0 aromatic heterocycles. The van der Waals surface area contributed by atoms with Gasteiger partial charge < -0.3 is 5.73 Å². The van der Waals surface area contributed by atoms with Crippen molar-refractivity contribution in [1.29, 1.82) is 0 Å². The molecule has 2 N–H and O–H groups in total. The zero-order valence-electron chi connectivity index (χ0n) is 15.5. The molecule has 0 aliphatic heterocycles. The van der Waals surface area contributed by atoms with Crippen LogP contribution in [0.25, 0.3) is 0 Å². The average Bonchev–Trinajstić information content (AvgIpc) is 2.25. The normalized spacial score (nSPS) is 17.9. The summed E-state index contributed by atoms with van der Waals surface area (Å²) in [7, 11) is 0.0206. The van der Waals surface area contributed by atoms with E-state index in [1.165, 1.54) is 0 Å². The minimum atomic E-state index is 0.0103. The van der Waals surface area contributed by atoms with Crippen LogP contribution in [-0.4, -0.2) is 40.0 Å². The lowest BCUT2D eigenvalue weighted by Crippen LogP contribution is -2.43. The molecule has 0 heterocycles. The van der Waals surface area contributed by atoms with Gasteiger partial charge in [0.15, 0.2) is 0 Å². The van der Waals surface area contributed by atoms with Crippen molar-refractivity contribution >= 4 is 15.8 Å². The lowest BCUT2D eigenvalue weighted by molar-refractivity contribution is 0.629. The zero-order chi connectivity index (χ0) is 16.2. The van der Waals surface area contributed by atoms with E-state index < -0.39 is 0 Å². The van der Waals surface area contributed by atoms with Gasteiger partial charge in [0.2, 0.25) is 0 Å². The number of hydrogen-bond donors (Lipinski definition) is 1. The Bertz CT molecular complexity index is 222. The molecule has 122 valence electrons. The van der Waals surface area contributed by atoms with Gasteiger partial charge in [0.1, 0.15) is 0 Å². The van der Waals surface area contributed by atoms with Crippen LogP contribution in [0.5, 0.6) is 0 Å². The highest BCUT2D eigenvalue weighted by atomic mass is 31.1. The SMILES string of the molecule is CC(C)P(C(C)C)C(C)C(N)C(C)P(C(C)C)C(C)C. The molecule has 0 radical (unpaired) electrons. The fourth-order valence-corrected chi connectivity index (χ4v) is 11.5. The first-order chi connectivity index (χ1) is 9.02. The van der Waals surface area contributed by atoms with E-state index in [9.17, 15) is 0 Å². The lowest BCUT2D eigenvalue weighted by Gasteiger charge is -2.42. The predicted molar refractivity (Wildman–Crippen MR) is 101 cm³/mol. The molecule has 0 aromatic carbocycles. The van der Waals surface area contributed by atoms with Crippen molar-refractivity contribution in [1.82, 2.24) is 0 Å². The first-order valence-electron chi connectivity index (χ1n) is 8.32. The minimum Gasteiger partial charge on any atom is -0.327 e. The first-order valence-corrected chi connectivity index (χ1v) is 11.4. The third-order valence-corrected chi connectivity index (χ3v) is 11.8. The molecule has 0 saturated heterocycles. The molecule has 3 heteroatoms. The second-order valence-electron chi connectivity index (χ2n) is 7.33. The average molecular weight is 319 g/mol. The summed E-state index contributed by atoms with van der Waals surface area (Å²) in [6, 6.07) is 0.363. The van der Waals surface area contributed by atoms with Crippen molar-refractivity contribution in [3.05, 3.63) is 0 Å². The highest BCUT2D eigenvalue weighted by molar-refractivity contribution is 7.61. The molecule has 0 aromatic rings. The van der Waals surface area contributed by atoms with E-state index in [4.69, 9.17) is 5.73 Å². The number of nitrogens with two attached hydrogens (primary N) is 1. The van der Waals surface area contributed by atoms with Gasteiger partial charge in [-0.1, -0.05) is 85.1 Å². The van der Waals surface area contributed by atoms with Gasteiger partial charge in [-0.25, -0.2) is 0 Å². The van der Waals surface area contributed by atoms with Crippen molar-refractivity contribution < 1.29 is 0 Å². The highest BCUT2D eigenvalue weighted by Gasteiger charge is 2.35. The van der Waals surface area contributed by atoms with E-state index in [1.807, 2.05) is 0 Å². The quantitative estimate of drug-likeness (QED) is 0.572. The van der Waals surface area contributed by atoms with Crippen LogP contribution in [0.1, 0.15) is 69.2 Å². The van der Waals surface area contributed by atoms with E-state index in [-0.39, 0.29) is 15.8 Å². The fourth-order valence-electron chi connectivity index (χ4n) is 3.87. The van der Waals surface area contributed by atoms with Crippen molar-refractivity contribution in [3.8, 4) is 0 Å². The fraction of sp³-hybridized carbons (Fsp3) is 1.00. The molecule has 2 atom stereocenters. The Kier molecular flexibility index (Phi) is 9.44. The summed E-state index contributed by atoms with van der Waals surface area (Å²) in [5.74, 6) is 0. The van der Waals surface area contributed by atoms with Crippen molar-refractivity contribution in [2.24, 2.45) is 5.73 Å². The monoisotopic (exact) mass is 319 g/mol. The van der Waals surface area contributed by atoms with Gasteiger partial charge in [0.25, 0.3) is 0 Å². The van der Waals surface area contributed by atoms with Crippen molar-refractivity contribution in [3.63, 3.8) is 0 Å². The Morgan fingerprint density at radius 3 is 0.850 bits per heavy atom. The summed E-state index contributed by atoms with van der Waals surface area (Å²) in [5, 5.41) is 0. The molecule has 1 nitrogen and oxygen atoms in total. The Morgan fingerprint density at radius 2 is 0.700 bits per heavy atom. The maximum absolute atomic E-state index is 6.75. The lowest BCUT2D eigenvalue weighted by atomic mass is 10.2. The second kappa shape index (κ2) is 9.07. The Labute approximate surface area is 131 Å². The molecule has 0 rings (SSSR count).